The highest BCUT2D eigenvalue weighted by molar-refractivity contribution is 5.78. The van der Waals surface area contributed by atoms with Crippen LogP contribution < -0.4 is 20.7 Å². The first kappa shape index (κ1) is 28.5. The summed E-state index contributed by atoms with van der Waals surface area (Å²) in [5.74, 6) is -0.180. The normalized spacial score (nSPS) is 17.1. The maximum Gasteiger partial charge on any atom is 0.573 e. The third-order valence-corrected chi connectivity index (χ3v) is 6.49. The molecule has 1 aliphatic rings. The molecule has 11 nitrogen and oxygen atoms in total. The Balaban J connectivity index is 1.30. The number of halogens is 3. The molecule has 0 aliphatic heterocycles. The number of nitro groups is 1. The van der Waals surface area contributed by atoms with Gasteiger partial charge >= 0.3 is 12.0 Å². The van der Waals surface area contributed by atoms with Crippen molar-refractivity contribution in [2.45, 2.75) is 51.1 Å². The summed E-state index contributed by atoms with van der Waals surface area (Å²) in [6.45, 7) is 0.331. The van der Waals surface area contributed by atoms with Crippen molar-refractivity contribution in [3.8, 4) is 5.75 Å². The topological polar surface area (TPSA) is 144 Å². The van der Waals surface area contributed by atoms with Crippen LogP contribution in [-0.4, -0.2) is 44.7 Å². The number of para-hydroxylation sites is 1. The molecular weight excluding hydrogens is 531 g/mol. The van der Waals surface area contributed by atoms with E-state index in [1.165, 1.54) is 18.2 Å². The van der Waals surface area contributed by atoms with Gasteiger partial charge in [-0.05, 0) is 55.4 Å². The molecule has 3 N–H and O–H groups in total. The Morgan fingerprint density at radius 1 is 1.07 bits per heavy atom. The molecule has 0 spiro atoms. The van der Waals surface area contributed by atoms with Crippen LogP contribution in [0.5, 0.6) is 5.75 Å². The summed E-state index contributed by atoms with van der Waals surface area (Å²) >= 11 is 0. The maximum absolute atomic E-state index is 12.7. The van der Waals surface area contributed by atoms with Crippen molar-refractivity contribution in [1.29, 1.82) is 0 Å². The van der Waals surface area contributed by atoms with Gasteiger partial charge in [0.25, 0.3) is 0 Å². The fourth-order valence-corrected chi connectivity index (χ4v) is 4.49. The first-order valence-electron chi connectivity index (χ1n) is 12.7. The number of carbonyl (C=O) groups is 1. The number of nitrogens with one attached hydrogen (secondary N) is 3. The Morgan fingerprint density at radius 3 is 2.50 bits per heavy atom. The molecule has 2 aromatic heterocycles. The van der Waals surface area contributed by atoms with Crippen molar-refractivity contribution < 1.29 is 27.6 Å². The Labute approximate surface area is 227 Å². The molecule has 1 aliphatic carbocycles. The van der Waals surface area contributed by atoms with Crippen LogP contribution in [0.4, 0.5) is 30.6 Å². The number of hydrogen-bond donors (Lipinski definition) is 3. The molecule has 0 saturated heterocycles. The van der Waals surface area contributed by atoms with Crippen molar-refractivity contribution in [2.24, 2.45) is 5.92 Å². The number of alkyl halides is 3. The molecule has 1 fully saturated rings. The maximum atomic E-state index is 12.7. The smallest absolute Gasteiger partial charge is 0.405 e. The van der Waals surface area contributed by atoms with Gasteiger partial charge in [0.1, 0.15) is 11.9 Å². The summed E-state index contributed by atoms with van der Waals surface area (Å²) in [7, 11) is 0. The minimum absolute atomic E-state index is 0.00936. The molecule has 4 rings (SSSR count). The lowest BCUT2D eigenvalue weighted by atomic mass is 9.86. The molecule has 0 bridgehead atoms. The summed E-state index contributed by atoms with van der Waals surface area (Å²) in [5, 5.41) is 20.4. The number of benzene rings is 1. The lowest BCUT2D eigenvalue weighted by Crippen LogP contribution is -2.39. The van der Waals surface area contributed by atoms with Crippen LogP contribution in [-0.2, 0) is 17.8 Å². The highest BCUT2D eigenvalue weighted by Crippen LogP contribution is 2.29. The second-order valence-electron chi connectivity index (χ2n) is 9.39. The first-order valence-corrected chi connectivity index (χ1v) is 12.7. The lowest BCUT2D eigenvalue weighted by molar-refractivity contribution is -0.384. The van der Waals surface area contributed by atoms with Gasteiger partial charge in [0.2, 0.25) is 17.7 Å². The van der Waals surface area contributed by atoms with Gasteiger partial charge in [-0.2, -0.15) is 4.98 Å². The number of ether oxygens (including phenoxy) is 1. The first-order chi connectivity index (χ1) is 19.2. The van der Waals surface area contributed by atoms with E-state index >= 15 is 0 Å². The summed E-state index contributed by atoms with van der Waals surface area (Å²) < 4.78 is 42.1. The van der Waals surface area contributed by atoms with Gasteiger partial charge in [0.15, 0.2) is 0 Å². The zero-order valence-corrected chi connectivity index (χ0v) is 21.4. The van der Waals surface area contributed by atoms with Crippen molar-refractivity contribution in [2.75, 3.05) is 17.2 Å². The number of aromatic nitrogens is 3. The van der Waals surface area contributed by atoms with Gasteiger partial charge < -0.3 is 20.7 Å². The van der Waals surface area contributed by atoms with Crippen LogP contribution >= 0.6 is 0 Å². The van der Waals surface area contributed by atoms with Gasteiger partial charge in [0, 0.05) is 37.1 Å². The highest BCUT2D eigenvalue weighted by atomic mass is 19.4. The van der Waals surface area contributed by atoms with E-state index in [-0.39, 0.29) is 53.2 Å². The lowest BCUT2D eigenvalue weighted by Gasteiger charge is -2.29. The van der Waals surface area contributed by atoms with E-state index in [9.17, 15) is 28.1 Å². The second kappa shape index (κ2) is 13.0. The Morgan fingerprint density at radius 2 is 1.80 bits per heavy atom. The average molecular weight is 560 g/mol. The van der Waals surface area contributed by atoms with E-state index in [1.807, 2.05) is 0 Å². The number of anilines is 2. The monoisotopic (exact) mass is 559 g/mol. The fourth-order valence-electron chi connectivity index (χ4n) is 4.49. The number of hydrogen-bond acceptors (Lipinski definition) is 9. The molecular formula is C26H28F3N7O4. The van der Waals surface area contributed by atoms with E-state index in [1.54, 1.807) is 30.6 Å². The number of amides is 1. The predicted molar refractivity (Wildman–Crippen MR) is 139 cm³/mol. The van der Waals surface area contributed by atoms with E-state index in [2.05, 4.69) is 35.6 Å². The van der Waals surface area contributed by atoms with E-state index in [4.69, 9.17) is 0 Å². The van der Waals surface area contributed by atoms with Crippen LogP contribution in [0.1, 0.15) is 36.8 Å². The zero-order valence-electron chi connectivity index (χ0n) is 21.4. The Bertz CT molecular complexity index is 1300. The molecule has 1 amide bonds. The average Bonchev–Trinajstić information content (AvgIpc) is 2.92. The summed E-state index contributed by atoms with van der Waals surface area (Å²) in [4.78, 5) is 35.3. The highest BCUT2D eigenvalue weighted by Gasteiger charge is 2.32. The Kier molecular flexibility index (Phi) is 9.30. The minimum atomic E-state index is -4.85. The third kappa shape index (κ3) is 8.51. The van der Waals surface area contributed by atoms with Crippen LogP contribution in [0.15, 0.2) is 55.0 Å². The quantitative estimate of drug-likeness (QED) is 0.226. The fraction of sp³-hybridized carbons (Fsp3) is 0.385. The molecule has 3 aromatic rings. The van der Waals surface area contributed by atoms with E-state index in [0.717, 1.165) is 37.4 Å². The van der Waals surface area contributed by atoms with Crippen molar-refractivity contribution in [3.05, 3.63) is 76.2 Å². The minimum Gasteiger partial charge on any atom is -0.405 e. The van der Waals surface area contributed by atoms with Crippen molar-refractivity contribution in [1.82, 2.24) is 20.3 Å². The van der Waals surface area contributed by atoms with Gasteiger partial charge in [-0.15, -0.1) is 13.2 Å². The number of carbonyl (C=O) groups excluding carboxylic acids is 1. The molecule has 40 heavy (non-hydrogen) atoms. The second-order valence-corrected chi connectivity index (χ2v) is 9.39. The van der Waals surface area contributed by atoms with Gasteiger partial charge in [-0.25, -0.2) is 4.98 Å². The van der Waals surface area contributed by atoms with Crippen LogP contribution in [0, 0.1) is 16.0 Å². The third-order valence-electron chi connectivity index (χ3n) is 6.49. The number of rotatable bonds is 11. The SMILES string of the molecule is O=C(Cc1ccncc1)N[C@H]1CC[C@H](CNc2nc(NCc3ccccc3OC(F)(F)F)ncc2[N+](=O)[O-])CC1. The molecule has 0 radical (unpaired) electrons. The zero-order chi connectivity index (χ0) is 28.5. The molecule has 0 atom stereocenters. The van der Waals surface area contributed by atoms with E-state index in [0.29, 0.717) is 13.0 Å². The number of nitrogens with zero attached hydrogens (tertiary/aromatic N) is 4. The number of pyridine rings is 1. The van der Waals surface area contributed by atoms with Gasteiger partial charge in [-0.3, -0.25) is 19.9 Å². The molecule has 2 heterocycles. The molecule has 14 heteroatoms. The van der Waals surface area contributed by atoms with Crippen LogP contribution in [0.3, 0.4) is 0 Å². The predicted octanol–water partition coefficient (Wildman–Crippen LogP) is 4.62. The molecule has 1 aromatic carbocycles. The van der Waals surface area contributed by atoms with Gasteiger partial charge in [-0.1, -0.05) is 18.2 Å². The van der Waals surface area contributed by atoms with E-state index < -0.39 is 11.3 Å². The summed E-state index contributed by atoms with van der Waals surface area (Å²) in [6, 6.07) is 9.29. The van der Waals surface area contributed by atoms with Crippen LogP contribution in [0.2, 0.25) is 0 Å². The summed E-state index contributed by atoms with van der Waals surface area (Å²) in [5.41, 5.74) is 0.786. The molecule has 1 saturated carbocycles. The molecule has 212 valence electrons. The van der Waals surface area contributed by atoms with Crippen LogP contribution in [0.25, 0.3) is 0 Å². The van der Waals surface area contributed by atoms with Crippen molar-refractivity contribution >= 4 is 23.4 Å². The standard InChI is InChI=1S/C26H28F3N7O4/c27-26(28,29)40-22-4-2-1-3-19(22)15-32-25-33-16-21(36(38)39)24(35-25)31-14-18-5-7-20(8-6-18)34-23(37)13-17-9-11-30-12-10-17/h1-4,9-12,16,18,20H,5-8,13-15H2,(H,34,37)(H2,31,32,33,35)/t18-,20-. The van der Waals surface area contributed by atoms with Gasteiger partial charge in [0.05, 0.1) is 11.3 Å². The molecule has 0 unspecified atom stereocenters. The largest absolute Gasteiger partial charge is 0.573 e. The van der Waals surface area contributed by atoms with Crippen molar-refractivity contribution in [3.63, 3.8) is 0 Å². The summed E-state index contributed by atoms with van der Waals surface area (Å²) in [6.07, 6.45) is 2.98. The Hall–Kier alpha value is -4.49.